The van der Waals surface area contributed by atoms with Gasteiger partial charge in [-0.05, 0) is 40.2 Å². The van der Waals surface area contributed by atoms with Gasteiger partial charge in [-0.25, -0.2) is 0 Å². The number of nitro groups is 1. The fraction of sp³-hybridized carbons (Fsp3) is 0.0556. The van der Waals surface area contributed by atoms with E-state index in [0.717, 1.165) is 5.69 Å². The topological polar surface area (TPSA) is 93.5 Å². The molecule has 0 saturated carbocycles. The molecule has 0 saturated heterocycles. The number of hydrazine groups is 1. The molecule has 0 fully saturated rings. The van der Waals surface area contributed by atoms with Gasteiger partial charge in [0.15, 0.2) is 0 Å². The third kappa shape index (κ3) is 3.45. The van der Waals surface area contributed by atoms with E-state index in [1.165, 1.54) is 25.3 Å². The van der Waals surface area contributed by atoms with E-state index in [4.69, 9.17) is 4.74 Å². The lowest BCUT2D eigenvalue weighted by Crippen LogP contribution is -2.29. The normalized spacial score (nSPS) is 10.4. The fourth-order valence-corrected chi connectivity index (χ4v) is 3.15. The number of para-hydroxylation sites is 1. The maximum atomic E-state index is 12.6. The number of hydrogen-bond acceptors (Lipinski definition) is 5. The van der Waals surface area contributed by atoms with Gasteiger partial charge in [-0.3, -0.25) is 25.8 Å². The molecule has 0 atom stereocenters. The maximum absolute atomic E-state index is 12.6. The Morgan fingerprint density at radius 3 is 2.50 bits per heavy atom. The van der Waals surface area contributed by atoms with Gasteiger partial charge >= 0.3 is 0 Å². The Labute approximate surface area is 157 Å². The van der Waals surface area contributed by atoms with Crippen LogP contribution in [0.25, 0.3) is 10.8 Å². The number of amides is 1. The molecule has 132 valence electrons. The molecule has 8 heteroatoms. The molecule has 0 aliphatic heterocycles. The van der Waals surface area contributed by atoms with Crippen molar-refractivity contribution in [3.8, 4) is 5.75 Å². The predicted molar refractivity (Wildman–Crippen MR) is 102 cm³/mol. The second-order valence-corrected chi connectivity index (χ2v) is 6.17. The SMILES string of the molecule is COc1cc(C(=O)NNc2ccccc2)c(Br)c2ccc([N+](=O)[O-])cc12. The first kappa shape index (κ1) is 17.7. The van der Waals surface area contributed by atoms with Crippen LogP contribution in [0.5, 0.6) is 5.75 Å². The van der Waals surface area contributed by atoms with Crippen molar-refractivity contribution in [3.63, 3.8) is 0 Å². The van der Waals surface area contributed by atoms with Crippen molar-refractivity contribution in [1.29, 1.82) is 0 Å². The molecule has 0 aliphatic rings. The van der Waals surface area contributed by atoms with Crippen LogP contribution in [0.2, 0.25) is 0 Å². The highest BCUT2D eigenvalue weighted by Gasteiger charge is 2.18. The smallest absolute Gasteiger partial charge is 0.270 e. The van der Waals surface area contributed by atoms with Crippen molar-refractivity contribution in [2.24, 2.45) is 0 Å². The molecule has 3 rings (SSSR count). The number of nitrogens with zero attached hydrogens (tertiary/aromatic N) is 1. The highest BCUT2D eigenvalue weighted by Crippen LogP contribution is 2.37. The molecule has 0 spiro atoms. The number of nitro benzene ring substituents is 1. The van der Waals surface area contributed by atoms with E-state index in [2.05, 4.69) is 26.8 Å². The number of fused-ring (bicyclic) bond motifs is 1. The number of halogens is 1. The van der Waals surface area contributed by atoms with Crippen molar-refractivity contribution < 1.29 is 14.5 Å². The summed E-state index contributed by atoms with van der Waals surface area (Å²) < 4.78 is 5.85. The molecule has 1 amide bonds. The van der Waals surface area contributed by atoms with Crippen LogP contribution >= 0.6 is 15.9 Å². The maximum Gasteiger partial charge on any atom is 0.270 e. The summed E-state index contributed by atoms with van der Waals surface area (Å²) in [6, 6.07) is 15.1. The molecule has 26 heavy (non-hydrogen) atoms. The highest BCUT2D eigenvalue weighted by atomic mass is 79.9. The first-order valence-electron chi connectivity index (χ1n) is 7.57. The standard InChI is InChI=1S/C18H14BrN3O4/c1-26-16-10-15(18(23)21-20-11-5-3-2-4-6-11)17(19)13-8-7-12(22(24)25)9-14(13)16/h2-10,20H,1H3,(H,21,23). The molecule has 0 aromatic heterocycles. The molecule has 3 aromatic rings. The Morgan fingerprint density at radius 1 is 1.12 bits per heavy atom. The fourth-order valence-electron chi connectivity index (χ4n) is 2.51. The number of ether oxygens (including phenoxy) is 1. The van der Waals surface area contributed by atoms with Gasteiger partial charge in [-0.15, -0.1) is 0 Å². The molecule has 0 aliphatic carbocycles. The number of carbonyl (C=O) groups excluding carboxylic acids is 1. The van der Waals surface area contributed by atoms with Crippen LogP contribution in [0.1, 0.15) is 10.4 Å². The Kier molecular flexibility index (Phi) is 5.04. The van der Waals surface area contributed by atoms with Crippen LogP contribution in [0.3, 0.4) is 0 Å². The second kappa shape index (κ2) is 7.40. The van der Waals surface area contributed by atoms with Crippen molar-refractivity contribution in [3.05, 3.63) is 74.7 Å². The van der Waals surface area contributed by atoms with E-state index in [1.54, 1.807) is 6.07 Å². The quantitative estimate of drug-likeness (QED) is 0.479. The summed E-state index contributed by atoms with van der Waals surface area (Å²) in [6.45, 7) is 0. The van der Waals surface area contributed by atoms with E-state index in [0.29, 0.717) is 26.6 Å². The van der Waals surface area contributed by atoms with Crippen LogP contribution in [-0.4, -0.2) is 17.9 Å². The van der Waals surface area contributed by atoms with Gasteiger partial charge in [0, 0.05) is 27.4 Å². The molecular formula is C18H14BrN3O4. The highest BCUT2D eigenvalue weighted by molar-refractivity contribution is 9.10. The molecule has 0 unspecified atom stereocenters. The van der Waals surface area contributed by atoms with E-state index in [1.807, 2.05) is 30.3 Å². The van der Waals surface area contributed by atoms with Gasteiger partial charge in [0.1, 0.15) is 5.75 Å². The second-order valence-electron chi connectivity index (χ2n) is 5.37. The summed E-state index contributed by atoms with van der Waals surface area (Å²) in [5, 5.41) is 12.2. The minimum atomic E-state index is -0.475. The minimum absolute atomic E-state index is 0.0503. The molecule has 0 bridgehead atoms. The average Bonchev–Trinajstić information content (AvgIpc) is 2.67. The lowest BCUT2D eigenvalue weighted by molar-refractivity contribution is -0.384. The number of nitrogens with one attached hydrogen (secondary N) is 2. The average molecular weight is 416 g/mol. The van der Waals surface area contributed by atoms with Gasteiger partial charge in [0.2, 0.25) is 0 Å². The van der Waals surface area contributed by atoms with Crippen LogP contribution in [0, 0.1) is 10.1 Å². The van der Waals surface area contributed by atoms with Crippen LogP contribution in [0.15, 0.2) is 59.1 Å². The Hall–Kier alpha value is -3.13. The third-order valence-electron chi connectivity index (χ3n) is 3.79. The Balaban J connectivity index is 1.98. The summed E-state index contributed by atoms with van der Waals surface area (Å²) in [4.78, 5) is 23.1. The van der Waals surface area contributed by atoms with Gasteiger partial charge in [-0.1, -0.05) is 18.2 Å². The van der Waals surface area contributed by atoms with Gasteiger partial charge in [0.25, 0.3) is 11.6 Å². The number of methoxy groups -OCH3 is 1. The largest absolute Gasteiger partial charge is 0.496 e. The van der Waals surface area contributed by atoms with Gasteiger partial charge in [0.05, 0.1) is 23.3 Å². The molecule has 7 nitrogen and oxygen atoms in total. The Bertz CT molecular complexity index is 993. The third-order valence-corrected chi connectivity index (χ3v) is 4.64. The van der Waals surface area contributed by atoms with Gasteiger partial charge < -0.3 is 4.74 Å². The predicted octanol–water partition coefficient (Wildman–Crippen LogP) is 4.28. The summed E-state index contributed by atoms with van der Waals surface area (Å²) in [5.41, 5.74) is 6.47. The zero-order valence-corrected chi connectivity index (χ0v) is 15.2. The van der Waals surface area contributed by atoms with E-state index >= 15 is 0 Å². The number of anilines is 1. The van der Waals surface area contributed by atoms with Crippen molar-refractivity contribution >= 4 is 44.0 Å². The summed E-state index contributed by atoms with van der Waals surface area (Å²) in [7, 11) is 1.45. The summed E-state index contributed by atoms with van der Waals surface area (Å²) >= 11 is 3.42. The molecular weight excluding hydrogens is 402 g/mol. The summed E-state index contributed by atoms with van der Waals surface area (Å²) in [5.74, 6) is -0.00366. The molecule has 2 N–H and O–H groups in total. The Morgan fingerprint density at radius 2 is 1.85 bits per heavy atom. The number of rotatable bonds is 5. The number of non-ortho nitro benzene ring substituents is 1. The zero-order chi connectivity index (χ0) is 18.7. The zero-order valence-electron chi connectivity index (χ0n) is 13.7. The van der Waals surface area contributed by atoms with Gasteiger partial charge in [-0.2, -0.15) is 0 Å². The van der Waals surface area contributed by atoms with Crippen LogP contribution in [-0.2, 0) is 0 Å². The lowest BCUT2D eigenvalue weighted by atomic mass is 10.0. The van der Waals surface area contributed by atoms with E-state index in [9.17, 15) is 14.9 Å². The molecule has 0 radical (unpaired) electrons. The summed E-state index contributed by atoms with van der Waals surface area (Å²) in [6.07, 6.45) is 0. The first-order chi connectivity index (χ1) is 12.5. The molecule has 3 aromatic carbocycles. The molecule has 0 heterocycles. The van der Waals surface area contributed by atoms with Crippen molar-refractivity contribution in [1.82, 2.24) is 5.43 Å². The number of carbonyl (C=O) groups is 1. The number of hydrogen-bond donors (Lipinski definition) is 2. The van der Waals surface area contributed by atoms with Crippen molar-refractivity contribution in [2.45, 2.75) is 0 Å². The first-order valence-corrected chi connectivity index (χ1v) is 8.36. The van der Waals surface area contributed by atoms with E-state index in [-0.39, 0.29) is 11.6 Å². The minimum Gasteiger partial charge on any atom is -0.496 e. The van der Waals surface area contributed by atoms with Crippen LogP contribution in [0.4, 0.5) is 11.4 Å². The van der Waals surface area contributed by atoms with E-state index < -0.39 is 4.92 Å². The van der Waals surface area contributed by atoms with Crippen LogP contribution < -0.4 is 15.6 Å². The monoisotopic (exact) mass is 415 g/mol. The van der Waals surface area contributed by atoms with Crippen molar-refractivity contribution in [2.75, 3.05) is 12.5 Å². The lowest BCUT2D eigenvalue weighted by Gasteiger charge is -2.13. The number of benzene rings is 3.